The summed E-state index contributed by atoms with van der Waals surface area (Å²) in [6, 6.07) is 4.63. The first-order valence-corrected chi connectivity index (χ1v) is 14.8. The van der Waals surface area contributed by atoms with Crippen molar-refractivity contribution in [3.63, 3.8) is 0 Å². The highest BCUT2D eigenvalue weighted by Gasteiger charge is 2.80. The zero-order chi connectivity index (χ0) is 28.2. The maximum absolute atomic E-state index is 17.5. The Kier molecular flexibility index (Phi) is 5.81. The molecule has 0 amide bonds. The van der Waals surface area contributed by atoms with Crippen molar-refractivity contribution in [3.05, 3.63) is 53.1 Å². The molecular formula is C30H31F3O6S. The van der Waals surface area contributed by atoms with E-state index in [0.717, 1.165) is 18.1 Å². The van der Waals surface area contributed by atoms with Crippen LogP contribution in [0.3, 0.4) is 0 Å². The van der Waals surface area contributed by atoms with Gasteiger partial charge in [0.25, 0.3) is 0 Å². The molecule has 3 saturated carbocycles. The van der Waals surface area contributed by atoms with E-state index in [2.05, 4.69) is 0 Å². The SMILES string of the molecule is C[C@]12C=CC(=O)C=C1[C@@H](F)C[C@H]1[C@@H]3C[C@H]4OC(c5cccc6c5OCC6)O[C@@]4(C(=O)SCF)[C@@]3(C)C[C@H](O)[C@@]12F. The topological polar surface area (TPSA) is 82.1 Å². The summed E-state index contributed by atoms with van der Waals surface area (Å²) in [5, 5.41) is 11.1. The molecule has 40 heavy (non-hydrogen) atoms. The van der Waals surface area contributed by atoms with Gasteiger partial charge in [0.2, 0.25) is 5.12 Å². The van der Waals surface area contributed by atoms with Gasteiger partial charge in [-0.05, 0) is 55.4 Å². The Morgan fingerprint density at radius 1 is 1.23 bits per heavy atom. The van der Waals surface area contributed by atoms with Crippen molar-refractivity contribution in [2.24, 2.45) is 22.7 Å². The number of para-hydroxylation sites is 1. The van der Waals surface area contributed by atoms with Crippen molar-refractivity contribution in [1.82, 2.24) is 0 Å². The Morgan fingerprint density at radius 2 is 2.02 bits per heavy atom. The number of alkyl halides is 3. The van der Waals surface area contributed by atoms with E-state index in [-0.39, 0.29) is 24.8 Å². The summed E-state index contributed by atoms with van der Waals surface area (Å²) in [5.41, 5.74) is -5.07. The average Bonchev–Trinajstić information content (AvgIpc) is 3.60. The fourth-order valence-electron chi connectivity index (χ4n) is 9.02. The molecular weight excluding hydrogens is 545 g/mol. The maximum atomic E-state index is 17.5. The van der Waals surface area contributed by atoms with Crippen molar-refractivity contribution in [2.75, 3.05) is 12.6 Å². The summed E-state index contributed by atoms with van der Waals surface area (Å²) in [5.74, 6) is -1.40. The second-order valence-corrected chi connectivity index (χ2v) is 13.3. The van der Waals surface area contributed by atoms with Gasteiger partial charge in [0.1, 0.15) is 17.9 Å². The lowest BCUT2D eigenvalue weighted by atomic mass is 9.44. The zero-order valence-corrected chi connectivity index (χ0v) is 23.0. The molecule has 1 aromatic carbocycles. The first-order chi connectivity index (χ1) is 19.0. The van der Waals surface area contributed by atoms with Crippen molar-refractivity contribution >= 4 is 22.7 Å². The van der Waals surface area contributed by atoms with Crippen LogP contribution in [0.25, 0.3) is 0 Å². The highest BCUT2D eigenvalue weighted by atomic mass is 32.2. The van der Waals surface area contributed by atoms with E-state index in [9.17, 15) is 19.1 Å². The first-order valence-electron chi connectivity index (χ1n) is 13.8. The van der Waals surface area contributed by atoms with E-state index in [1.165, 1.54) is 19.1 Å². The van der Waals surface area contributed by atoms with Gasteiger partial charge in [0, 0.05) is 23.2 Å². The van der Waals surface area contributed by atoms with Crippen LogP contribution in [0.5, 0.6) is 5.75 Å². The van der Waals surface area contributed by atoms with Crippen molar-refractivity contribution < 1.29 is 42.1 Å². The summed E-state index contributed by atoms with van der Waals surface area (Å²) < 4.78 is 65.8. The third-order valence-electron chi connectivity index (χ3n) is 10.9. The zero-order valence-electron chi connectivity index (χ0n) is 22.2. The van der Waals surface area contributed by atoms with Crippen LogP contribution in [0.1, 0.15) is 50.5 Å². The number of thioether (sulfide) groups is 1. The van der Waals surface area contributed by atoms with Gasteiger partial charge in [0.15, 0.2) is 23.3 Å². The van der Waals surface area contributed by atoms with Crippen LogP contribution in [0.2, 0.25) is 0 Å². The molecule has 0 bridgehead atoms. The molecule has 1 aromatic rings. The smallest absolute Gasteiger partial charge is 0.226 e. The summed E-state index contributed by atoms with van der Waals surface area (Å²) in [6.45, 7) is 3.80. The number of aliphatic hydroxyl groups is 1. The van der Waals surface area contributed by atoms with Gasteiger partial charge in [0.05, 0.1) is 24.4 Å². The van der Waals surface area contributed by atoms with Gasteiger partial charge in [-0.2, -0.15) is 0 Å². The molecule has 0 spiro atoms. The minimum absolute atomic E-state index is 0.0314. The Balaban J connectivity index is 1.32. The molecule has 214 valence electrons. The number of aliphatic hydroxyl groups excluding tert-OH is 1. The maximum Gasteiger partial charge on any atom is 0.226 e. The Bertz CT molecular complexity index is 1370. The lowest BCUT2D eigenvalue weighted by Crippen LogP contribution is -2.70. The fourth-order valence-corrected chi connectivity index (χ4v) is 9.75. The lowest BCUT2D eigenvalue weighted by Gasteiger charge is -2.63. The standard InChI is InChI=1S/C30H31F3O6S/c1-27-8-6-16(34)10-20(27)21(32)11-19-18-12-23-30(26(36)40-14-31,28(18,2)13-22(35)29(19,27)33)39-25(38-23)17-5-3-4-15-7-9-37-24(15)17/h3-6,8,10,18-19,21-23,25,35H,7,9,11-14H2,1-2H3/t18-,19-,21-,22-,23+,25?,27-,28-,29-,30-/m0/s1. The fraction of sp³-hybridized carbons (Fsp3) is 0.600. The minimum atomic E-state index is -2.30. The number of rotatable bonds is 3. The lowest BCUT2D eigenvalue weighted by molar-refractivity contribution is -0.232. The van der Waals surface area contributed by atoms with E-state index in [0.29, 0.717) is 29.7 Å². The predicted octanol–water partition coefficient (Wildman–Crippen LogP) is 4.89. The molecule has 0 radical (unpaired) electrons. The molecule has 1 saturated heterocycles. The van der Waals surface area contributed by atoms with Gasteiger partial charge < -0.3 is 19.3 Å². The molecule has 1 unspecified atom stereocenters. The van der Waals surface area contributed by atoms with Gasteiger partial charge in [-0.1, -0.05) is 43.0 Å². The summed E-state index contributed by atoms with van der Waals surface area (Å²) in [6.07, 6.45) is -0.835. The van der Waals surface area contributed by atoms with Gasteiger partial charge in [-0.15, -0.1) is 0 Å². The number of hydrogen-bond donors (Lipinski definition) is 1. The average molecular weight is 577 g/mol. The van der Waals surface area contributed by atoms with Crippen LogP contribution in [0, 0.1) is 22.7 Å². The Labute approximate surface area is 234 Å². The number of carbonyl (C=O) groups is 2. The van der Waals surface area contributed by atoms with E-state index in [4.69, 9.17) is 14.2 Å². The van der Waals surface area contributed by atoms with Crippen molar-refractivity contribution in [1.29, 1.82) is 0 Å². The number of benzene rings is 1. The summed E-state index contributed by atoms with van der Waals surface area (Å²) in [7, 11) is 0. The predicted molar refractivity (Wildman–Crippen MR) is 140 cm³/mol. The van der Waals surface area contributed by atoms with Crippen LogP contribution in [-0.2, 0) is 25.5 Å². The van der Waals surface area contributed by atoms with Crippen LogP contribution in [-0.4, -0.2) is 58.3 Å². The first kappa shape index (κ1) is 26.7. The Morgan fingerprint density at radius 3 is 2.80 bits per heavy atom. The highest BCUT2D eigenvalue weighted by Crippen LogP contribution is 2.73. The number of fused-ring (bicyclic) bond motifs is 8. The number of ether oxygens (including phenoxy) is 3. The van der Waals surface area contributed by atoms with E-state index >= 15 is 8.78 Å². The highest BCUT2D eigenvalue weighted by molar-refractivity contribution is 8.13. The Hall–Kier alpha value is -2.14. The molecule has 4 aliphatic carbocycles. The normalized spacial score (nSPS) is 46.5. The molecule has 1 N–H and O–H groups in total. The van der Waals surface area contributed by atoms with Crippen molar-refractivity contribution in [3.8, 4) is 5.75 Å². The number of carbonyl (C=O) groups excluding carboxylic acids is 2. The quantitative estimate of drug-likeness (QED) is 0.549. The molecule has 6 aliphatic rings. The molecule has 2 aliphatic heterocycles. The second kappa shape index (κ2) is 8.69. The van der Waals surface area contributed by atoms with Gasteiger partial charge in [-0.25, -0.2) is 13.2 Å². The van der Waals surface area contributed by atoms with Crippen LogP contribution < -0.4 is 4.74 Å². The molecule has 7 rings (SSSR count). The molecule has 10 atom stereocenters. The summed E-state index contributed by atoms with van der Waals surface area (Å²) in [4.78, 5) is 25.9. The van der Waals surface area contributed by atoms with E-state index < -0.39 is 75.5 Å². The largest absolute Gasteiger partial charge is 0.492 e. The third-order valence-corrected chi connectivity index (χ3v) is 11.5. The molecule has 10 heteroatoms. The second-order valence-electron chi connectivity index (χ2n) is 12.4. The molecule has 6 nitrogen and oxygen atoms in total. The van der Waals surface area contributed by atoms with E-state index in [1.807, 2.05) is 12.1 Å². The molecule has 2 heterocycles. The van der Waals surface area contributed by atoms with E-state index in [1.54, 1.807) is 13.0 Å². The van der Waals surface area contributed by atoms with Gasteiger partial charge >= 0.3 is 0 Å². The van der Waals surface area contributed by atoms with Crippen LogP contribution in [0.4, 0.5) is 13.2 Å². The number of halogens is 3. The third kappa shape index (κ3) is 3.08. The monoisotopic (exact) mass is 576 g/mol. The van der Waals surface area contributed by atoms with Crippen LogP contribution >= 0.6 is 11.8 Å². The number of hydrogen-bond acceptors (Lipinski definition) is 7. The van der Waals surface area contributed by atoms with Gasteiger partial charge in [-0.3, -0.25) is 9.59 Å². The number of ketones is 1. The van der Waals surface area contributed by atoms with Crippen molar-refractivity contribution in [2.45, 2.75) is 75.5 Å². The minimum Gasteiger partial charge on any atom is -0.492 e. The molecule has 0 aromatic heterocycles. The number of allylic oxidation sites excluding steroid dienone is 4. The molecule has 4 fully saturated rings. The van der Waals surface area contributed by atoms with Crippen LogP contribution in [0.15, 0.2) is 42.0 Å². The summed E-state index contributed by atoms with van der Waals surface area (Å²) >= 11 is 0.472.